The lowest BCUT2D eigenvalue weighted by atomic mass is 10.1. The van der Waals surface area contributed by atoms with Crippen LogP contribution in [-0.4, -0.2) is 25.2 Å². The van der Waals surface area contributed by atoms with Gasteiger partial charge in [0.2, 0.25) is 5.91 Å². The van der Waals surface area contributed by atoms with E-state index >= 15 is 0 Å². The second-order valence-corrected chi connectivity index (χ2v) is 6.62. The molecule has 148 valence electrons. The predicted molar refractivity (Wildman–Crippen MR) is 101 cm³/mol. The van der Waals surface area contributed by atoms with Crippen molar-refractivity contribution in [3.05, 3.63) is 65.5 Å². The molecule has 0 aliphatic rings. The zero-order valence-corrected chi connectivity index (χ0v) is 16.1. The molecule has 1 aromatic carbocycles. The van der Waals surface area contributed by atoms with Gasteiger partial charge in [0, 0.05) is 49.1 Å². The molecule has 6 nitrogen and oxygen atoms in total. The highest BCUT2D eigenvalue weighted by molar-refractivity contribution is 5.76. The van der Waals surface area contributed by atoms with Gasteiger partial charge in [-0.05, 0) is 26.0 Å². The average Bonchev–Trinajstić information content (AvgIpc) is 3.26. The van der Waals surface area contributed by atoms with E-state index in [1.807, 2.05) is 24.6 Å². The summed E-state index contributed by atoms with van der Waals surface area (Å²) in [5.41, 5.74) is 1.62. The summed E-state index contributed by atoms with van der Waals surface area (Å²) in [5.74, 6) is -0.486. The van der Waals surface area contributed by atoms with E-state index in [0.29, 0.717) is 18.7 Å². The molecule has 3 rings (SSSR count). The molecule has 0 bridgehead atoms. The minimum Gasteiger partial charge on any atom is -0.349 e. The number of imidazole rings is 1. The third-order valence-corrected chi connectivity index (χ3v) is 4.73. The number of rotatable bonds is 7. The van der Waals surface area contributed by atoms with Gasteiger partial charge in [0.25, 0.3) is 0 Å². The Morgan fingerprint density at radius 1 is 1.32 bits per heavy atom. The lowest BCUT2D eigenvalue weighted by Gasteiger charge is -2.15. The van der Waals surface area contributed by atoms with Gasteiger partial charge in [-0.25, -0.2) is 18.4 Å². The van der Waals surface area contributed by atoms with E-state index in [1.54, 1.807) is 19.3 Å². The normalized spacial score (nSPS) is 12.2. The van der Waals surface area contributed by atoms with Crippen molar-refractivity contribution in [2.75, 3.05) is 0 Å². The van der Waals surface area contributed by atoms with E-state index in [-0.39, 0.29) is 17.6 Å². The summed E-state index contributed by atoms with van der Waals surface area (Å²) in [6.07, 6.45) is 6.32. The Bertz CT molecular complexity index is 979. The third-order valence-electron chi connectivity index (χ3n) is 4.73. The van der Waals surface area contributed by atoms with Crippen molar-refractivity contribution in [1.29, 1.82) is 0 Å². The van der Waals surface area contributed by atoms with Crippen LogP contribution in [0.15, 0.2) is 36.8 Å². The van der Waals surface area contributed by atoms with Gasteiger partial charge in [-0.3, -0.25) is 4.79 Å². The molecule has 3 aromatic rings. The fraction of sp³-hybridized carbons (Fsp3) is 0.350. The van der Waals surface area contributed by atoms with E-state index in [9.17, 15) is 13.6 Å². The fourth-order valence-corrected chi connectivity index (χ4v) is 3.21. The monoisotopic (exact) mass is 387 g/mol. The number of halogens is 2. The Hall–Kier alpha value is -3.03. The summed E-state index contributed by atoms with van der Waals surface area (Å²) in [6, 6.07) is 3.06. The molecule has 2 aromatic heterocycles. The van der Waals surface area contributed by atoms with E-state index in [0.717, 1.165) is 23.9 Å². The number of hydrogen-bond acceptors (Lipinski definition) is 3. The van der Waals surface area contributed by atoms with Crippen LogP contribution >= 0.6 is 0 Å². The van der Waals surface area contributed by atoms with Crippen LogP contribution in [0, 0.1) is 18.6 Å². The zero-order chi connectivity index (χ0) is 20.3. The van der Waals surface area contributed by atoms with Crippen molar-refractivity contribution in [3.63, 3.8) is 0 Å². The number of aryl methyl sites for hydroxylation is 2. The van der Waals surface area contributed by atoms with Crippen LogP contribution in [-0.2, 0) is 17.8 Å². The standard InChI is InChI=1S/C20H23F2N5O/c1-4-19-23-8-10-26(19)9-7-20(28)25-13(2)16-12-24-27(14(16)3)18-6-5-15(21)11-17(18)22/h5-6,8,10-13H,4,7,9H2,1-3H3,(H,25,28)/t13-/m0/s1. The molecule has 0 aliphatic carbocycles. The average molecular weight is 387 g/mol. The quantitative estimate of drug-likeness (QED) is 0.675. The number of benzene rings is 1. The maximum absolute atomic E-state index is 14.1. The van der Waals surface area contributed by atoms with Gasteiger partial charge < -0.3 is 9.88 Å². The van der Waals surface area contributed by atoms with Crippen LogP contribution in [0.5, 0.6) is 0 Å². The van der Waals surface area contributed by atoms with Crippen LogP contribution < -0.4 is 5.32 Å². The molecule has 0 fully saturated rings. The van der Waals surface area contributed by atoms with Gasteiger partial charge in [0.15, 0.2) is 5.82 Å². The molecular formula is C20H23F2N5O. The third kappa shape index (κ3) is 4.11. The van der Waals surface area contributed by atoms with Crippen LogP contribution in [0.3, 0.4) is 0 Å². The number of nitrogens with one attached hydrogen (secondary N) is 1. The van der Waals surface area contributed by atoms with Crippen LogP contribution in [0.4, 0.5) is 8.78 Å². The number of aromatic nitrogens is 4. The van der Waals surface area contributed by atoms with E-state index < -0.39 is 11.6 Å². The van der Waals surface area contributed by atoms with E-state index in [1.165, 1.54) is 16.8 Å². The van der Waals surface area contributed by atoms with Crippen LogP contribution in [0.25, 0.3) is 5.69 Å². The topological polar surface area (TPSA) is 64.7 Å². The van der Waals surface area contributed by atoms with Crippen molar-refractivity contribution >= 4 is 5.91 Å². The molecule has 2 heterocycles. The Morgan fingerprint density at radius 3 is 2.82 bits per heavy atom. The maximum atomic E-state index is 14.1. The van der Waals surface area contributed by atoms with Gasteiger partial charge in [0.1, 0.15) is 17.3 Å². The smallest absolute Gasteiger partial charge is 0.222 e. The Kier molecular flexibility index (Phi) is 5.87. The van der Waals surface area contributed by atoms with Crippen molar-refractivity contribution in [1.82, 2.24) is 24.6 Å². The van der Waals surface area contributed by atoms with Gasteiger partial charge in [-0.2, -0.15) is 5.10 Å². The predicted octanol–water partition coefficient (Wildman–Crippen LogP) is 3.49. The van der Waals surface area contributed by atoms with Crippen molar-refractivity contribution in [2.45, 2.75) is 46.2 Å². The first kappa shape index (κ1) is 19.7. The molecule has 0 unspecified atom stereocenters. The summed E-state index contributed by atoms with van der Waals surface area (Å²) >= 11 is 0. The molecule has 0 spiro atoms. The number of nitrogens with zero attached hydrogens (tertiary/aromatic N) is 4. The molecule has 1 N–H and O–H groups in total. The second kappa shape index (κ2) is 8.33. The van der Waals surface area contributed by atoms with Gasteiger partial charge >= 0.3 is 0 Å². The first-order valence-electron chi connectivity index (χ1n) is 9.20. The molecule has 0 radical (unpaired) electrons. The van der Waals surface area contributed by atoms with Crippen LogP contribution in [0.2, 0.25) is 0 Å². The van der Waals surface area contributed by atoms with Crippen molar-refractivity contribution in [3.8, 4) is 5.69 Å². The molecule has 0 aliphatic heterocycles. The van der Waals surface area contributed by atoms with Gasteiger partial charge in [0.05, 0.1) is 12.2 Å². The molecule has 8 heteroatoms. The minimum atomic E-state index is -0.693. The summed E-state index contributed by atoms with van der Waals surface area (Å²) in [5, 5.41) is 7.15. The van der Waals surface area contributed by atoms with E-state index in [2.05, 4.69) is 15.4 Å². The molecule has 1 amide bonds. The Balaban J connectivity index is 1.67. The molecule has 28 heavy (non-hydrogen) atoms. The molecule has 1 atom stereocenters. The van der Waals surface area contributed by atoms with Gasteiger partial charge in [-0.1, -0.05) is 6.92 Å². The summed E-state index contributed by atoms with van der Waals surface area (Å²) in [4.78, 5) is 16.6. The largest absolute Gasteiger partial charge is 0.349 e. The lowest BCUT2D eigenvalue weighted by molar-refractivity contribution is -0.121. The first-order valence-corrected chi connectivity index (χ1v) is 9.20. The Labute approximate surface area is 162 Å². The van der Waals surface area contributed by atoms with Crippen molar-refractivity contribution < 1.29 is 13.6 Å². The van der Waals surface area contributed by atoms with Crippen LogP contribution in [0.1, 0.15) is 43.4 Å². The first-order chi connectivity index (χ1) is 13.4. The number of amides is 1. The van der Waals surface area contributed by atoms with Gasteiger partial charge in [-0.15, -0.1) is 0 Å². The number of carbonyl (C=O) groups excluding carboxylic acids is 1. The summed E-state index contributed by atoms with van der Waals surface area (Å²) < 4.78 is 30.6. The number of hydrogen-bond donors (Lipinski definition) is 1. The highest BCUT2D eigenvalue weighted by Gasteiger charge is 2.18. The molecule has 0 saturated carbocycles. The summed E-state index contributed by atoms with van der Waals surface area (Å²) in [7, 11) is 0. The highest BCUT2D eigenvalue weighted by Crippen LogP contribution is 2.22. The maximum Gasteiger partial charge on any atom is 0.222 e. The zero-order valence-electron chi connectivity index (χ0n) is 16.1. The second-order valence-electron chi connectivity index (χ2n) is 6.62. The van der Waals surface area contributed by atoms with Crippen molar-refractivity contribution in [2.24, 2.45) is 0 Å². The highest BCUT2D eigenvalue weighted by atomic mass is 19.1. The van der Waals surface area contributed by atoms with E-state index in [4.69, 9.17) is 0 Å². The SMILES string of the molecule is CCc1nccn1CCC(=O)N[C@@H](C)c1cnn(-c2ccc(F)cc2F)c1C. The lowest BCUT2D eigenvalue weighted by Crippen LogP contribution is -2.27. The molecular weight excluding hydrogens is 364 g/mol. The molecule has 0 saturated heterocycles. The fourth-order valence-electron chi connectivity index (χ4n) is 3.21. The summed E-state index contributed by atoms with van der Waals surface area (Å²) in [6.45, 7) is 6.21. The minimum absolute atomic E-state index is 0.0941. The number of carbonyl (C=O) groups is 1. The Morgan fingerprint density at radius 2 is 2.11 bits per heavy atom.